The highest BCUT2D eigenvalue weighted by Crippen LogP contribution is 2.75. The van der Waals surface area contributed by atoms with Crippen molar-refractivity contribution in [1.82, 2.24) is 5.32 Å². The first-order valence-electron chi connectivity index (χ1n) is 27.3. The lowest BCUT2D eigenvalue weighted by Crippen LogP contribution is -2.62. The van der Waals surface area contributed by atoms with Crippen molar-refractivity contribution in [3.63, 3.8) is 0 Å². The number of aryl methyl sites for hydroxylation is 1. The number of allylic oxidation sites excluding steroid dienone is 2. The second-order valence-corrected chi connectivity index (χ2v) is 23.8. The molecule has 0 aromatic heterocycles. The lowest BCUT2D eigenvalue weighted by molar-refractivity contribution is -0.297. The van der Waals surface area contributed by atoms with Crippen molar-refractivity contribution >= 4 is 12.2 Å². The van der Waals surface area contributed by atoms with Crippen molar-refractivity contribution < 1.29 is 78.9 Å². The highest BCUT2D eigenvalue weighted by molar-refractivity contribution is 5.81. The molecule has 17 nitrogen and oxygen atoms in total. The van der Waals surface area contributed by atoms with Crippen LogP contribution in [0.4, 0.5) is 0 Å². The average molecular weight is 1050 g/mol. The molecular weight excluding hydrogens is 955 g/mol. The summed E-state index contributed by atoms with van der Waals surface area (Å²) in [4.78, 5) is 26.7. The van der Waals surface area contributed by atoms with E-state index in [-0.39, 0.29) is 40.6 Å². The highest BCUT2D eigenvalue weighted by atomic mass is 16.8. The number of benzene rings is 1. The Labute approximate surface area is 441 Å². The summed E-state index contributed by atoms with van der Waals surface area (Å²) in [5, 5.41) is 84.4. The monoisotopic (exact) mass is 1050 g/mol. The summed E-state index contributed by atoms with van der Waals surface area (Å²) in [5.41, 5.74) is 1.83. The Morgan fingerprint density at radius 3 is 2.11 bits per heavy atom. The van der Waals surface area contributed by atoms with Crippen molar-refractivity contribution in [3.8, 4) is 5.75 Å². The predicted molar refractivity (Wildman–Crippen MR) is 279 cm³/mol. The molecule has 1 amide bonds. The van der Waals surface area contributed by atoms with Gasteiger partial charge in [-0.2, -0.15) is 0 Å². The molecule has 4 rings (SSSR count). The van der Waals surface area contributed by atoms with Crippen molar-refractivity contribution in [3.05, 3.63) is 41.0 Å². The lowest BCUT2D eigenvalue weighted by Gasteiger charge is -2.70. The number of carbonyl (C=O) groups excluding carboxylic acids is 2. The molecule has 9 N–H and O–H groups in total. The van der Waals surface area contributed by atoms with E-state index in [4.69, 9.17) is 28.4 Å². The first-order valence-corrected chi connectivity index (χ1v) is 27.3. The van der Waals surface area contributed by atoms with Gasteiger partial charge in [-0.05, 0) is 141 Å². The molecule has 0 saturated heterocycles. The zero-order valence-electron chi connectivity index (χ0n) is 46.8. The molecule has 426 valence electrons. The predicted octanol–water partition coefficient (Wildman–Crippen LogP) is 6.35. The number of nitrogens with one attached hydrogen (secondary N) is 1. The molecule has 3 aliphatic rings. The molecule has 17 heteroatoms. The second kappa shape index (κ2) is 27.8. The molecule has 1 aromatic rings. The number of phenols is 1. The minimum absolute atomic E-state index is 0.0225. The number of unbranched alkanes of at least 4 members (excludes halogenated alkanes) is 5. The lowest BCUT2D eigenvalue weighted by atomic mass is 9.35. The van der Waals surface area contributed by atoms with Gasteiger partial charge in [0.1, 0.15) is 30.3 Å². The number of phenolic OH excluding ortho intramolecular Hbond substituents is 1. The van der Waals surface area contributed by atoms with Gasteiger partial charge in [0.15, 0.2) is 6.10 Å². The molecule has 15 atom stereocenters. The van der Waals surface area contributed by atoms with Crippen LogP contribution in [0.5, 0.6) is 5.75 Å². The third-order valence-corrected chi connectivity index (χ3v) is 17.3. The molecule has 0 aliphatic heterocycles. The maximum Gasteiger partial charge on any atom is 0.269 e. The Kier molecular flexibility index (Phi) is 24.0. The number of hydrogen-bond donors (Lipinski definition) is 9. The van der Waals surface area contributed by atoms with Crippen molar-refractivity contribution in [1.29, 1.82) is 0 Å². The summed E-state index contributed by atoms with van der Waals surface area (Å²) < 4.78 is 34.8. The van der Waals surface area contributed by atoms with Crippen LogP contribution >= 0.6 is 0 Å². The Bertz CT molecular complexity index is 1910. The number of methoxy groups -OCH3 is 1. The van der Waals surface area contributed by atoms with E-state index >= 15 is 0 Å². The number of ether oxygens (including phenoxy) is 6. The molecule has 1 aromatic carbocycles. The summed E-state index contributed by atoms with van der Waals surface area (Å²) in [5.74, 6) is -0.210. The summed E-state index contributed by atoms with van der Waals surface area (Å²) in [6.07, 6.45) is 0.478. The maximum absolute atomic E-state index is 13.4. The zero-order valence-corrected chi connectivity index (χ0v) is 46.8. The van der Waals surface area contributed by atoms with Gasteiger partial charge in [0.25, 0.3) is 12.4 Å². The largest absolute Gasteiger partial charge is 0.508 e. The third-order valence-electron chi connectivity index (χ3n) is 17.3. The van der Waals surface area contributed by atoms with Gasteiger partial charge in [0.2, 0.25) is 12.6 Å². The van der Waals surface area contributed by atoms with Gasteiger partial charge < -0.3 is 79.4 Å². The van der Waals surface area contributed by atoms with Crippen molar-refractivity contribution in [2.45, 2.75) is 240 Å². The number of aliphatic hydroxyl groups excluding tert-OH is 6. The fraction of sp³-hybridized carbons (Fsp3) is 0.825. The van der Waals surface area contributed by atoms with Gasteiger partial charge in [-0.15, -0.1) is 0 Å². The van der Waals surface area contributed by atoms with Crippen LogP contribution in [0.2, 0.25) is 0 Å². The van der Waals surface area contributed by atoms with E-state index in [2.05, 4.69) is 53.8 Å². The maximum atomic E-state index is 13.4. The second-order valence-electron chi connectivity index (χ2n) is 23.8. The molecule has 74 heavy (non-hydrogen) atoms. The van der Waals surface area contributed by atoms with Crippen LogP contribution in [0.1, 0.15) is 165 Å². The number of carbonyl (C=O) groups is 2. The number of hydrogen-bond acceptors (Lipinski definition) is 16. The molecular formula is C57H97NO16. The van der Waals surface area contributed by atoms with Crippen LogP contribution in [0.3, 0.4) is 0 Å². The molecule has 0 bridgehead atoms. The normalized spacial score (nSPS) is 27.5. The van der Waals surface area contributed by atoms with Gasteiger partial charge in [-0.25, -0.2) is 0 Å². The molecule has 1 spiro atoms. The minimum atomic E-state index is -2.17. The van der Waals surface area contributed by atoms with Gasteiger partial charge in [-0.1, -0.05) is 83.6 Å². The number of amides is 1. The van der Waals surface area contributed by atoms with Gasteiger partial charge in [0, 0.05) is 24.5 Å². The summed E-state index contributed by atoms with van der Waals surface area (Å²) >= 11 is 0. The standard InChI is InChI=1S/C57H97NO16/c1-35-30-42(74-54(8,9)26-19-29-70-52(68)71-38(4)46(63)47(64)43(32-59)69-12)31-56(11)45(35)36(2)57(56)27-25-44(53(6,7)33-57)55(10,34-60)39(5)72-51(50(66)67)73-48(37(3)61)49(65)58-28-18-16-14-13-15-17-20-40-21-23-41(62)24-22-40/h21-24,34-35,37-39,42-44,46-48,50-52,59,61-64,66-68H,13-20,25-33H2,1-12H3,(H,58,65)/t35?,37?,38?,39?,42?,43?,44?,46?,47?,48?,51?,52-,55?,56?,57?/m0/s1. The van der Waals surface area contributed by atoms with E-state index < -0.39 is 85.3 Å². The number of rotatable bonds is 33. The Balaban J connectivity index is 1.31. The quantitative estimate of drug-likeness (QED) is 0.0161. The first-order chi connectivity index (χ1) is 34.6. The minimum Gasteiger partial charge on any atom is -0.508 e. The van der Waals surface area contributed by atoms with Crippen LogP contribution in [0.15, 0.2) is 35.4 Å². The Hall–Kier alpha value is -2.62. The third kappa shape index (κ3) is 15.8. The van der Waals surface area contributed by atoms with Gasteiger partial charge in [0.05, 0.1) is 48.6 Å². The summed E-state index contributed by atoms with van der Waals surface area (Å²) in [6, 6.07) is 7.28. The number of fused-ring (bicyclic) bond motifs is 2. The summed E-state index contributed by atoms with van der Waals surface area (Å²) in [7, 11) is 1.30. The van der Waals surface area contributed by atoms with E-state index in [9.17, 15) is 50.4 Å². The fourth-order valence-electron chi connectivity index (χ4n) is 13.3. The van der Waals surface area contributed by atoms with Crippen molar-refractivity contribution in [2.75, 3.05) is 26.9 Å². The van der Waals surface area contributed by atoms with E-state index in [1.807, 2.05) is 19.1 Å². The van der Waals surface area contributed by atoms with E-state index in [0.29, 0.717) is 31.7 Å². The summed E-state index contributed by atoms with van der Waals surface area (Å²) in [6.45, 7) is 20.3. The van der Waals surface area contributed by atoms with E-state index in [1.165, 1.54) is 37.7 Å². The Morgan fingerprint density at radius 1 is 0.892 bits per heavy atom. The average Bonchev–Trinajstić information content (AvgIpc) is 3.32. The van der Waals surface area contributed by atoms with E-state index in [0.717, 1.165) is 76.9 Å². The SMILES string of the molecule is COC(CO)C(O)C(O)C(C)O[C@@H](O)OCCCC(C)(C)OC1CC(C)C2=C(C)C3(CCC(C(C)(C=O)C(C)OC(OC(C(=O)NCCCCCCCCc4ccc(O)cc4)C(C)O)C(O)O)C(C)(C)C3)C2(C)C1. The fourth-order valence-corrected chi connectivity index (χ4v) is 13.3. The van der Waals surface area contributed by atoms with Crippen LogP contribution in [0, 0.1) is 33.5 Å². The smallest absolute Gasteiger partial charge is 0.269 e. The van der Waals surface area contributed by atoms with Crippen LogP contribution in [-0.4, -0.2) is 153 Å². The molecule has 2 saturated carbocycles. The van der Waals surface area contributed by atoms with Gasteiger partial charge >= 0.3 is 0 Å². The van der Waals surface area contributed by atoms with Crippen LogP contribution in [0.25, 0.3) is 0 Å². The molecule has 3 aliphatic carbocycles. The zero-order chi connectivity index (χ0) is 55.4. The van der Waals surface area contributed by atoms with Crippen molar-refractivity contribution in [2.24, 2.45) is 33.5 Å². The van der Waals surface area contributed by atoms with E-state index in [1.54, 1.807) is 19.1 Å². The van der Waals surface area contributed by atoms with Crippen LogP contribution in [-0.2, 0) is 44.4 Å². The number of aliphatic hydroxyl groups is 7. The topological polar surface area (TPSA) is 263 Å². The molecule has 2 fully saturated rings. The van der Waals surface area contributed by atoms with Crippen LogP contribution < -0.4 is 5.32 Å². The molecule has 14 unspecified atom stereocenters. The molecule has 0 heterocycles. The first kappa shape index (κ1) is 63.9. The van der Waals surface area contributed by atoms with Gasteiger partial charge in [-0.3, -0.25) is 4.79 Å². The Morgan fingerprint density at radius 2 is 1.53 bits per heavy atom. The number of aldehydes is 1. The molecule has 0 radical (unpaired) electrons. The highest BCUT2D eigenvalue weighted by Gasteiger charge is 2.67. The number of aromatic hydroxyl groups is 1.